The number of para-hydroxylation sites is 1. The molecule has 0 aromatic heterocycles. The Morgan fingerprint density at radius 1 is 0.766 bits per heavy atom. The Kier molecular flexibility index (Phi) is 12.0. The van der Waals surface area contributed by atoms with Crippen LogP contribution in [0.15, 0.2) is 78.9 Å². The molecule has 0 atom stereocenters. The third-order valence-electron chi connectivity index (χ3n) is 9.08. The smallest absolute Gasteiger partial charge is 0.411 e. The molecule has 2 heterocycles. The lowest BCUT2D eigenvalue weighted by Gasteiger charge is -2.34. The molecule has 2 fully saturated rings. The fourth-order valence-electron chi connectivity index (χ4n) is 6.07. The van der Waals surface area contributed by atoms with Gasteiger partial charge in [-0.3, -0.25) is 24.7 Å². The van der Waals surface area contributed by atoms with Crippen LogP contribution in [0.1, 0.15) is 28.8 Å². The minimum Gasteiger partial charge on any atom is -0.446 e. The molecule has 10 nitrogen and oxygen atoms in total. The number of benzene rings is 3. The van der Waals surface area contributed by atoms with Crippen molar-refractivity contribution in [1.82, 2.24) is 24.5 Å². The molecule has 3 aromatic rings. The second-order valence-corrected chi connectivity index (χ2v) is 12.7. The Balaban J connectivity index is 0.996. The molecule has 3 amide bonds. The Bertz CT molecular complexity index is 1470. The number of piperidine rings is 1. The van der Waals surface area contributed by atoms with Gasteiger partial charge in [0.25, 0.3) is 5.91 Å². The van der Waals surface area contributed by atoms with Gasteiger partial charge in [0.05, 0.1) is 12.2 Å². The lowest BCUT2D eigenvalue weighted by atomic mass is 10.0. The molecule has 10 heteroatoms. The topological polar surface area (TPSA) is 88.7 Å². The van der Waals surface area contributed by atoms with E-state index in [0.29, 0.717) is 18.7 Å². The van der Waals surface area contributed by atoms with Crippen molar-refractivity contribution < 1.29 is 19.1 Å². The van der Waals surface area contributed by atoms with E-state index in [9.17, 15) is 14.4 Å². The number of hydrogen-bond donors (Lipinski definition) is 1. The number of likely N-dealkylation sites (N-methyl/N-ethyl adjacent to an activating group) is 2. The average molecular weight is 641 g/mol. The number of hydrogen-bond acceptors (Lipinski definition) is 7. The SMILES string of the molecule is CN(C)C(=O)CN1CCN(Cc2ccc(C(=O)N(C)CCN3CCC(OC(=O)Nc4ccccc4-c4ccccc4)CC3)cc2)CC1. The van der Waals surface area contributed by atoms with E-state index in [0.717, 1.165) is 82.0 Å². The largest absolute Gasteiger partial charge is 0.446 e. The number of ether oxygens (including phenoxy) is 1. The van der Waals surface area contributed by atoms with Gasteiger partial charge in [0.15, 0.2) is 0 Å². The predicted octanol–water partition coefficient (Wildman–Crippen LogP) is 4.34. The van der Waals surface area contributed by atoms with Gasteiger partial charge in [0.1, 0.15) is 6.10 Å². The lowest BCUT2D eigenvalue weighted by molar-refractivity contribution is -0.130. The maximum Gasteiger partial charge on any atom is 0.411 e. The van der Waals surface area contributed by atoms with E-state index >= 15 is 0 Å². The maximum atomic E-state index is 13.1. The summed E-state index contributed by atoms with van der Waals surface area (Å²) in [6.07, 6.45) is 0.954. The monoisotopic (exact) mass is 640 g/mol. The molecule has 0 bridgehead atoms. The molecular formula is C37H48N6O4. The van der Waals surface area contributed by atoms with Crippen LogP contribution in [-0.4, -0.2) is 129 Å². The van der Waals surface area contributed by atoms with Gasteiger partial charge in [-0.25, -0.2) is 4.79 Å². The highest BCUT2D eigenvalue weighted by molar-refractivity contribution is 5.94. The molecule has 0 unspecified atom stereocenters. The van der Waals surface area contributed by atoms with Crippen LogP contribution in [0, 0.1) is 0 Å². The zero-order chi connectivity index (χ0) is 33.2. The number of likely N-dealkylation sites (tertiary alicyclic amines) is 1. The summed E-state index contributed by atoms with van der Waals surface area (Å²) in [6.45, 7) is 7.94. The second-order valence-electron chi connectivity index (χ2n) is 12.7. The molecule has 0 radical (unpaired) electrons. The van der Waals surface area contributed by atoms with Crippen LogP contribution in [0.25, 0.3) is 11.1 Å². The summed E-state index contributed by atoms with van der Waals surface area (Å²) >= 11 is 0. The lowest BCUT2D eigenvalue weighted by Crippen LogP contribution is -2.48. The summed E-state index contributed by atoms with van der Waals surface area (Å²) in [5, 5.41) is 2.93. The molecule has 2 saturated heterocycles. The molecule has 0 spiro atoms. The van der Waals surface area contributed by atoms with E-state index in [2.05, 4.69) is 20.0 Å². The van der Waals surface area contributed by atoms with Crippen molar-refractivity contribution in [3.63, 3.8) is 0 Å². The minimum atomic E-state index is -0.431. The molecule has 0 saturated carbocycles. The van der Waals surface area contributed by atoms with Gasteiger partial charge in [-0.2, -0.15) is 0 Å². The van der Waals surface area contributed by atoms with Crippen molar-refractivity contribution in [2.45, 2.75) is 25.5 Å². The van der Waals surface area contributed by atoms with Crippen LogP contribution >= 0.6 is 0 Å². The first-order valence-electron chi connectivity index (χ1n) is 16.6. The van der Waals surface area contributed by atoms with Gasteiger partial charge in [-0.1, -0.05) is 60.7 Å². The Morgan fingerprint density at radius 3 is 2.09 bits per heavy atom. The van der Waals surface area contributed by atoms with E-state index in [4.69, 9.17) is 4.74 Å². The minimum absolute atomic E-state index is 0.0152. The van der Waals surface area contributed by atoms with Crippen LogP contribution < -0.4 is 5.32 Å². The standard InChI is InChI=1S/C37H48N6O4/c1-39(2)35(44)28-43-25-23-42(24-26-43)27-29-13-15-31(16-14-29)36(45)40(3)21-22-41-19-17-32(18-20-41)47-37(46)38-34-12-8-7-11-33(34)30-9-5-4-6-10-30/h4-16,32H,17-28H2,1-3H3,(H,38,46). The first kappa shape index (κ1) is 34.1. The number of amides is 3. The number of anilines is 1. The zero-order valence-electron chi connectivity index (χ0n) is 27.9. The highest BCUT2D eigenvalue weighted by atomic mass is 16.6. The first-order valence-corrected chi connectivity index (χ1v) is 16.6. The fraction of sp³-hybridized carbons (Fsp3) is 0.432. The Labute approximate surface area is 278 Å². The number of carbonyl (C=O) groups excluding carboxylic acids is 3. The number of piperazine rings is 1. The number of nitrogens with one attached hydrogen (secondary N) is 1. The van der Waals surface area contributed by atoms with E-state index in [1.807, 2.05) is 85.9 Å². The van der Waals surface area contributed by atoms with Crippen LogP contribution in [-0.2, 0) is 16.1 Å². The van der Waals surface area contributed by atoms with Crippen molar-refractivity contribution in [1.29, 1.82) is 0 Å². The quantitative estimate of drug-likeness (QED) is 0.334. The third kappa shape index (κ3) is 9.87. The van der Waals surface area contributed by atoms with Gasteiger partial charge < -0.3 is 19.4 Å². The molecule has 3 aromatic carbocycles. The first-order chi connectivity index (χ1) is 22.7. The van der Waals surface area contributed by atoms with E-state index in [-0.39, 0.29) is 17.9 Å². The van der Waals surface area contributed by atoms with Gasteiger partial charge in [0.2, 0.25) is 5.91 Å². The normalized spacial score (nSPS) is 16.4. The summed E-state index contributed by atoms with van der Waals surface area (Å²) in [7, 11) is 5.44. The molecule has 2 aliphatic rings. The van der Waals surface area contributed by atoms with Gasteiger partial charge in [-0.15, -0.1) is 0 Å². The second kappa shape index (κ2) is 16.5. The van der Waals surface area contributed by atoms with Crippen LogP contribution in [0.4, 0.5) is 10.5 Å². The van der Waals surface area contributed by atoms with Crippen molar-refractivity contribution in [2.75, 3.05) is 85.4 Å². The number of nitrogens with zero attached hydrogens (tertiary/aromatic N) is 5. The summed E-state index contributed by atoms with van der Waals surface area (Å²) in [4.78, 5) is 48.2. The molecule has 1 N–H and O–H groups in total. The summed E-state index contributed by atoms with van der Waals surface area (Å²) in [5.41, 5.74) is 4.59. The van der Waals surface area contributed by atoms with Crippen molar-refractivity contribution in [2.24, 2.45) is 0 Å². The number of rotatable bonds is 11. The predicted molar refractivity (Wildman–Crippen MR) is 185 cm³/mol. The van der Waals surface area contributed by atoms with Gasteiger partial charge in [-0.05, 0) is 42.2 Å². The molecule has 0 aliphatic carbocycles. The summed E-state index contributed by atoms with van der Waals surface area (Å²) in [6, 6.07) is 25.7. The van der Waals surface area contributed by atoms with Crippen molar-refractivity contribution >= 4 is 23.6 Å². The van der Waals surface area contributed by atoms with Crippen molar-refractivity contribution in [3.05, 3.63) is 90.0 Å². The van der Waals surface area contributed by atoms with Crippen LogP contribution in [0.2, 0.25) is 0 Å². The average Bonchev–Trinajstić information content (AvgIpc) is 3.09. The van der Waals surface area contributed by atoms with E-state index < -0.39 is 6.09 Å². The highest BCUT2D eigenvalue weighted by Crippen LogP contribution is 2.28. The highest BCUT2D eigenvalue weighted by Gasteiger charge is 2.24. The third-order valence-corrected chi connectivity index (χ3v) is 9.08. The van der Waals surface area contributed by atoms with Crippen LogP contribution in [0.5, 0.6) is 0 Å². The Morgan fingerprint density at radius 2 is 1.40 bits per heavy atom. The summed E-state index contributed by atoms with van der Waals surface area (Å²) < 4.78 is 5.78. The zero-order valence-corrected chi connectivity index (χ0v) is 27.9. The molecule has 250 valence electrons. The molecular weight excluding hydrogens is 592 g/mol. The van der Waals surface area contributed by atoms with Crippen LogP contribution in [0.3, 0.4) is 0 Å². The van der Waals surface area contributed by atoms with Gasteiger partial charge >= 0.3 is 6.09 Å². The fourth-order valence-corrected chi connectivity index (χ4v) is 6.07. The van der Waals surface area contributed by atoms with E-state index in [1.54, 1.807) is 23.9 Å². The summed E-state index contributed by atoms with van der Waals surface area (Å²) in [5.74, 6) is 0.156. The van der Waals surface area contributed by atoms with Crippen molar-refractivity contribution in [3.8, 4) is 11.1 Å². The van der Waals surface area contributed by atoms with E-state index in [1.165, 1.54) is 5.56 Å². The maximum absolute atomic E-state index is 13.1. The molecule has 2 aliphatic heterocycles. The molecule has 5 rings (SSSR count). The Hall–Kier alpha value is -4.25. The molecule has 47 heavy (non-hydrogen) atoms. The number of carbonyl (C=O) groups is 3. The van der Waals surface area contributed by atoms with Gasteiger partial charge in [0, 0.05) is 91.2 Å².